The van der Waals surface area contributed by atoms with E-state index in [1.165, 1.54) is 11.1 Å². The van der Waals surface area contributed by atoms with Gasteiger partial charge in [0.25, 0.3) is 0 Å². The molecule has 3 heteroatoms. The average Bonchev–Trinajstić information content (AvgIpc) is 2.57. The van der Waals surface area contributed by atoms with E-state index in [9.17, 15) is 0 Å². The molecule has 2 aromatic rings. The number of benzene rings is 1. The highest BCUT2D eigenvalue weighted by Gasteiger charge is 2.11. The van der Waals surface area contributed by atoms with Crippen LogP contribution in [0.1, 0.15) is 25.2 Å². The molecule has 0 aliphatic heterocycles. The molecule has 1 aromatic heterocycles. The van der Waals surface area contributed by atoms with E-state index in [4.69, 9.17) is 11.6 Å². The zero-order valence-electron chi connectivity index (χ0n) is 10.7. The van der Waals surface area contributed by atoms with Crippen LogP contribution in [0.25, 0.3) is 11.0 Å². The first-order valence-electron chi connectivity index (χ1n) is 6.13. The summed E-state index contributed by atoms with van der Waals surface area (Å²) in [6.07, 6.45) is 0.835. The van der Waals surface area contributed by atoms with E-state index >= 15 is 0 Å². The Morgan fingerprint density at radius 3 is 2.76 bits per heavy atom. The lowest BCUT2D eigenvalue weighted by atomic mass is 10.2. The summed E-state index contributed by atoms with van der Waals surface area (Å²) in [5.41, 5.74) is 3.59. The molecule has 1 aromatic carbocycles. The number of aromatic nitrogens is 2. The minimum Gasteiger partial charge on any atom is -0.328 e. The predicted molar refractivity (Wildman–Crippen MR) is 73.7 cm³/mol. The SMILES string of the molecule is Cc1ccc2nc(CCCl)n(CC(C)C)c2c1. The minimum atomic E-state index is 0.613. The molecule has 0 radical (unpaired) electrons. The summed E-state index contributed by atoms with van der Waals surface area (Å²) in [6, 6.07) is 6.42. The largest absolute Gasteiger partial charge is 0.328 e. The van der Waals surface area contributed by atoms with Crippen LogP contribution in [0.3, 0.4) is 0 Å². The van der Waals surface area contributed by atoms with Crippen molar-refractivity contribution in [2.75, 3.05) is 5.88 Å². The van der Waals surface area contributed by atoms with Crippen molar-refractivity contribution in [1.29, 1.82) is 0 Å². The molecule has 0 aliphatic rings. The van der Waals surface area contributed by atoms with Gasteiger partial charge in [-0.3, -0.25) is 0 Å². The standard InChI is InChI=1S/C14H19ClN2/c1-10(2)9-17-13-8-11(3)4-5-12(13)16-14(17)6-7-15/h4-5,8,10H,6-7,9H2,1-3H3. The van der Waals surface area contributed by atoms with Gasteiger partial charge in [-0.25, -0.2) is 4.98 Å². The molecule has 2 nitrogen and oxygen atoms in total. The van der Waals surface area contributed by atoms with Crippen molar-refractivity contribution in [3.63, 3.8) is 0 Å². The summed E-state index contributed by atoms with van der Waals surface area (Å²) >= 11 is 5.85. The van der Waals surface area contributed by atoms with Gasteiger partial charge in [-0.05, 0) is 30.5 Å². The first-order chi connectivity index (χ1) is 8.11. The van der Waals surface area contributed by atoms with Gasteiger partial charge in [0.2, 0.25) is 0 Å². The van der Waals surface area contributed by atoms with Crippen molar-refractivity contribution in [1.82, 2.24) is 9.55 Å². The molecular weight excluding hydrogens is 232 g/mol. The van der Waals surface area contributed by atoms with Crippen LogP contribution in [-0.2, 0) is 13.0 Å². The van der Waals surface area contributed by atoms with Crippen LogP contribution in [0, 0.1) is 12.8 Å². The highest BCUT2D eigenvalue weighted by molar-refractivity contribution is 6.17. The van der Waals surface area contributed by atoms with Crippen molar-refractivity contribution in [3.05, 3.63) is 29.6 Å². The van der Waals surface area contributed by atoms with E-state index in [0.717, 1.165) is 24.3 Å². The van der Waals surface area contributed by atoms with Crippen LogP contribution >= 0.6 is 11.6 Å². The second kappa shape index (κ2) is 5.09. The Balaban J connectivity index is 2.55. The van der Waals surface area contributed by atoms with Gasteiger partial charge in [0, 0.05) is 18.8 Å². The molecule has 0 spiro atoms. The number of halogens is 1. The van der Waals surface area contributed by atoms with E-state index in [2.05, 4.69) is 48.5 Å². The Labute approximate surface area is 108 Å². The van der Waals surface area contributed by atoms with Crippen molar-refractivity contribution in [2.45, 2.75) is 33.7 Å². The molecule has 0 bridgehead atoms. The maximum absolute atomic E-state index is 5.85. The van der Waals surface area contributed by atoms with Crippen LogP contribution in [-0.4, -0.2) is 15.4 Å². The first kappa shape index (κ1) is 12.4. The summed E-state index contributed by atoms with van der Waals surface area (Å²) in [5, 5.41) is 0. The Bertz CT molecular complexity index is 514. The van der Waals surface area contributed by atoms with E-state index in [0.29, 0.717) is 11.8 Å². The molecule has 0 saturated carbocycles. The normalized spacial score (nSPS) is 11.6. The zero-order valence-corrected chi connectivity index (χ0v) is 11.5. The number of imidazole rings is 1. The number of alkyl halides is 1. The Kier molecular flexibility index (Phi) is 3.72. The van der Waals surface area contributed by atoms with Gasteiger partial charge in [0.05, 0.1) is 11.0 Å². The van der Waals surface area contributed by atoms with Gasteiger partial charge in [0.15, 0.2) is 0 Å². The fourth-order valence-electron chi connectivity index (χ4n) is 2.13. The van der Waals surface area contributed by atoms with Crippen molar-refractivity contribution < 1.29 is 0 Å². The Hall–Kier alpha value is -1.02. The van der Waals surface area contributed by atoms with E-state index in [1.54, 1.807) is 0 Å². The Morgan fingerprint density at radius 1 is 1.35 bits per heavy atom. The lowest BCUT2D eigenvalue weighted by Crippen LogP contribution is -2.09. The molecule has 0 unspecified atom stereocenters. The lowest BCUT2D eigenvalue weighted by Gasteiger charge is -2.11. The molecule has 0 amide bonds. The molecule has 2 rings (SSSR count). The molecule has 0 atom stereocenters. The second-order valence-electron chi connectivity index (χ2n) is 4.96. The molecule has 0 aliphatic carbocycles. The highest BCUT2D eigenvalue weighted by atomic mass is 35.5. The van der Waals surface area contributed by atoms with Crippen molar-refractivity contribution in [2.24, 2.45) is 5.92 Å². The summed E-state index contributed by atoms with van der Waals surface area (Å²) in [4.78, 5) is 4.68. The summed E-state index contributed by atoms with van der Waals surface area (Å²) < 4.78 is 2.31. The maximum Gasteiger partial charge on any atom is 0.111 e. The van der Waals surface area contributed by atoms with Crippen LogP contribution in [0.2, 0.25) is 0 Å². The average molecular weight is 251 g/mol. The predicted octanol–water partition coefficient (Wildman–Crippen LogP) is 3.78. The smallest absolute Gasteiger partial charge is 0.111 e. The molecule has 1 heterocycles. The number of rotatable bonds is 4. The van der Waals surface area contributed by atoms with Gasteiger partial charge >= 0.3 is 0 Å². The van der Waals surface area contributed by atoms with Gasteiger partial charge in [0.1, 0.15) is 5.82 Å². The second-order valence-corrected chi connectivity index (χ2v) is 5.34. The molecule has 0 saturated heterocycles. The third kappa shape index (κ3) is 2.63. The monoisotopic (exact) mass is 250 g/mol. The van der Waals surface area contributed by atoms with Gasteiger partial charge in [-0.15, -0.1) is 11.6 Å². The fourth-order valence-corrected chi connectivity index (χ4v) is 2.30. The first-order valence-corrected chi connectivity index (χ1v) is 6.67. The third-order valence-electron chi connectivity index (χ3n) is 2.85. The van der Waals surface area contributed by atoms with Gasteiger partial charge in [-0.2, -0.15) is 0 Å². The molecule has 0 fully saturated rings. The summed E-state index contributed by atoms with van der Waals surface area (Å²) in [7, 11) is 0. The quantitative estimate of drug-likeness (QED) is 0.755. The van der Waals surface area contributed by atoms with Crippen LogP contribution < -0.4 is 0 Å². The van der Waals surface area contributed by atoms with E-state index in [-0.39, 0.29) is 0 Å². The molecule has 0 N–H and O–H groups in total. The Morgan fingerprint density at radius 2 is 2.12 bits per heavy atom. The molecule has 17 heavy (non-hydrogen) atoms. The number of hydrogen-bond donors (Lipinski definition) is 0. The number of nitrogens with zero attached hydrogens (tertiary/aromatic N) is 2. The number of aryl methyl sites for hydroxylation is 2. The number of hydrogen-bond acceptors (Lipinski definition) is 1. The third-order valence-corrected chi connectivity index (χ3v) is 3.04. The number of fused-ring (bicyclic) bond motifs is 1. The lowest BCUT2D eigenvalue weighted by molar-refractivity contribution is 0.519. The van der Waals surface area contributed by atoms with Gasteiger partial charge in [-0.1, -0.05) is 19.9 Å². The minimum absolute atomic E-state index is 0.613. The topological polar surface area (TPSA) is 17.8 Å². The summed E-state index contributed by atoms with van der Waals surface area (Å²) in [6.45, 7) is 7.58. The van der Waals surface area contributed by atoms with Crippen LogP contribution in [0.5, 0.6) is 0 Å². The van der Waals surface area contributed by atoms with Crippen molar-refractivity contribution >= 4 is 22.6 Å². The zero-order chi connectivity index (χ0) is 12.4. The maximum atomic E-state index is 5.85. The van der Waals surface area contributed by atoms with Gasteiger partial charge < -0.3 is 4.57 Å². The fraction of sp³-hybridized carbons (Fsp3) is 0.500. The van der Waals surface area contributed by atoms with Crippen LogP contribution in [0.15, 0.2) is 18.2 Å². The molecular formula is C14H19ClN2. The highest BCUT2D eigenvalue weighted by Crippen LogP contribution is 2.20. The molecule has 92 valence electrons. The van der Waals surface area contributed by atoms with E-state index in [1.807, 2.05) is 0 Å². The van der Waals surface area contributed by atoms with E-state index < -0.39 is 0 Å². The van der Waals surface area contributed by atoms with Crippen LogP contribution in [0.4, 0.5) is 0 Å². The summed E-state index contributed by atoms with van der Waals surface area (Å²) in [5.74, 6) is 2.34. The van der Waals surface area contributed by atoms with Crippen molar-refractivity contribution in [3.8, 4) is 0 Å².